The number of nitrogens with one attached hydrogen (secondary N) is 2. The van der Waals surface area contributed by atoms with Gasteiger partial charge in [0, 0.05) is 12.7 Å². The Morgan fingerprint density at radius 2 is 2.17 bits per heavy atom. The van der Waals surface area contributed by atoms with Crippen molar-refractivity contribution in [2.45, 2.75) is 63.5 Å². The molecule has 3 heterocycles. The number of carbonyl (C=O) groups excluding carboxylic acids is 2. The quantitative estimate of drug-likeness (QED) is 0.599. The molecule has 1 aromatic heterocycles. The topological polar surface area (TPSA) is 126 Å². The smallest absolute Gasteiger partial charge is 0.317 e. The maximum Gasteiger partial charge on any atom is 0.317 e. The minimum absolute atomic E-state index is 0.114. The molecule has 0 unspecified atom stereocenters. The van der Waals surface area contributed by atoms with E-state index in [0.29, 0.717) is 25.9 Å². The van der Waals surface area contributed by atoms with E-state index in [1.807, 2.05) is 6.92 Å². The number of hydrogen-bond acceptors (Lipinski definition) is 7. The summed E-state index contributed by atoms with van der Waals surface area (Å²) in [5, 5.41) is 15.9. The van der Waals surface area contributed by atoms with Gasteiger partial charge in [-0.2, -0.15) is 0 Å². The second-order valence-electron chi connectivity index (χ2n) is 7.70. The predicted octanol–water partition coefficient (Wildman–Crippen LogP) is 0.212. The molecule has 0 aliphatic carbocycles. The van der Waals surface area contributed by atoms with Gasteiger partial charge in [-0.15, -0.1) is 0 Å². The Hall–Kier alpha value is -2.30. The molecule has 3 amide bonds. The molecule has 2 aliphatic heterocycles. The third kappa shape index (κ3) is 6.35. The highest BCUT2D eigenvalue weighted by Crippen LogP contribution is 2.27. The number of rotatable bonds is 6. The van der Waals surface area contributed by atoms with Gasteiger partial charge >= 0.3 is 6.03 Å². The van der Waals surface area contributed by atoms with Crippen LogP contribution in [0, 0.1) is 0 Å². The van der Waals surface area contributed by atoms with E-state index in [0.717, 1.165) is 12.1 Å². The van der Waals surface area contributed by atoms with E-state index in [2.05, 4.69) is 20.6 Å². The van der Waals surface area contributed by atoms with Crippen LogP contribution in [0.25, 0.3) is 0 Å². The van der Waals surface area contributed by atoms with E-state index in [1.54, 1.807) is 17.2 Å². The summed E-state index contributed by atoms with van der Waals surface area (Å²) in [5.74, 6) is -0.114. The fourth-order valence-electron chi connectivity index (χ4n) is 3.80. The molecule has 1 aromatic rings. The summed E-state index contributed by atoms with van der Waals surface area (Å²) in [5.41, 5.74) is 0.740. The molecule has 3 N–H and O–H groups in total. The number of fused-ring (bicyclic) bond motifs is 1. The van der Waals surface area contributed by atoms with Gasteiger partial charge in [-0.3, -0.25) is 4.79 Å². The van der Waals surface area contributed by atoms with Crippen LogP contribution < -0.4 is 10.6 Å². The zero-order valence-electron chi connectivity index (χ0n) is 17.3. The van der Waals surface area contributed by atoms with Crippen molar-refractivity contribution in [3.8, 4) is 0 Å². The lowest BCUT2D eigenvalue weighted by atomic mass is 9.95. The Bertz CT molecular complexity index is 691. The monoisotopic (exact) mass is 421 g/mol. The van der Waals surface area contributed by atoms with Gasteiger partial charge in [-0.25, -0.2) is 14.8 Å². The minimum atomic E-state index is -0.733. The number of β-amino-alcohol motifs (C(OH)–C–C–N with tert-alkyl or cyclic N) is 1. The summed E-state index contributed by atoms with van der Waals surface area (Å²) in [6, 6.07) is 1.36. The van der Waals surface area contributed by atoms with Gasteiger partial charge < -0.3 is 30.1 Å². The van der Waals surface area contributed by atoms with Gasteiger partial charge in [-0.05, 0) is 25.3 Å². The summed E-state index contributed by atoms with van der Waals surface area (Å²) in [7, 11) is 0. The number of aliphatic hydroxyl groups excluding tert-OH is 1. The number of aliphatic hydroxyl groups is 1. The summed E-state index contributed by atoms with van der Waals surface area (Å²) in [6.07, 6.45) is 4.17. The summed E-state index contributed by atoms with van der Waals surface area (Å²) >= 11 is 0. The molecule has 0 aromatic carbocycles. The average molecular weight is 421 g/mol. The van der Waals surface area contributed by atoms with Gasteiger partial charge in [0.1, 0.15) is 12.4 Å². The van der Waals surface area contributed by atoms with E-state index in [-0.39, 0.29) is 56.4 Å². The number of ether oxygens (including phenoxy) is 2. The van der Waals surface area contributed by atoms with Crippen LogP contribution in [0.3, 0.4) is 0 Å². The standard InChI is InChI=1S/C20H31N5O5/c1-2-6-22-20(28)25-10-15(26)11-29-12-18-17(25)4-3-16(30-18)8-19(27)23-9-14-5-7-21-13-24-14/h5,7,13,15-18,26H,2-4,6,8-12H2,1H3,(H,22,28)(H,23,27)/t15-,16-,17-,18+/m1/s1. The van der Waals surface area contributed by atoms with E-state index >= 15 is 0 Å². The summed E-state index contributed by atoms with van der Waals surface area (Å²) in [6.45, 7) is 3.53. The van der Waals surface area contributed by atoms with Gasteiger partial charge in [0.15, 0.2) is 0 Å². The van der Waals surface area contributed by atoms with Crippen LogP contribution >= 0.6 is 0 Å². The first-order valence-corrected chi connectivity index (χ1v) is 10.5. The highest BCUT2D eigenvalue weighted by molar-refractivity contribution is 5.76. The van der Waals surface area contributed by atoms with Crippen molar-refractivity contribution in [1.29, 1.82) is 0 Å². The fourth-order valence-corrected chi connectivity index (χ4v) is 3.80. The first-order valence-electron chi connectivity index (χ1n) is 10.5. The molecule has 2 fully saturated rings. The third-order valence-electron chi connectivity index (χ3n) is 5.29. The fraction of sp³-hybridized carbons (Fsp3) is 0.700. The van der Waals surface area contributed by atoms with E-state index in [9.17, 15) is 14.7 Å². The molecule has 2 aliphatic rings. The maximum atomic E-state index is 12.6. The number of carbonyl (C=O) groups is 2. The maximum absolute atomic E-state index is 12.6. The van der Waals surface area contributed by atoms with Gasteiger partial charge in [0.05, 0.1) is 56.7 Å². The van der Waals surface area contributed by atoms with Crippen molar-refractivity contribution in [2.24, 2.45) is 0 Å². The Morgan fingerprint density at radius 1 is 1.30 bits per heavy atom. The van der Waals surface area contributed by atoms with Crippen LogP contribution in [0.1, 0.15) is 38.3 Å². The molecule has 166 valence electrons. The Labute approximate surface area is 176 Å². The molecule has 4 atom stereocenters. The van der Waals surface area contributed by atoms with E-state index in [1.165, 1.54) is 6.33 Å². The number of nitrogens with zero attached hydrogens (tertiary/aromatic N) is 3. The molecule has 0 bridgehead atoms. The lowest BCUT2D eigenvalue weighted by Crippen LogP contribution is -2.59. The second-order valence-corrected chi connectivity index (χ2v) is 7.70. The molecule has 30 heavy (non-hydrogen) atoms. The lowest BCUT2D eigenvalue weighted by Gasteiger charge is -2.44. The van der Waals surface area contributed by atoms with Crippen LogP contribution in [0.4, 0.5) is 4.79 Å². The van der Waals surface area contributed by atoms with E-state index in [4.69, 9.17) is 9.47 Å². The number of hydrogen-bond donors (Lipinski definition) is 3. The van der Waals surface area contributed by atoms with Gasteiger partial charge in [0.2, 0.25) is 5.91 Å². The van der Waals surface area contributed by atoms with Crippen molar-refractivity contribution in [3.63, 3.8) is 0 Å². The summed E-state index contributed by atoms with van der Waals surface area (Å²) in [4.78, 5) is 34.6. The zero-order chi connectivity index (χ0) is 21.3. The van der Waals surface area contributed by atoms with Crippen molar-refractivity contribution in [1.82, 2.24) is 25.5 Å². The Morgan fingerprint density at radius 3 is 2.93 bits per heavy atom. The number of amides is 3. The van der Waals surface area contributed by atoms with Crippen molar-refractivity contribution in [2.75, 3.05) is 26.3 Å². The highest BCUT2D eigenvalue weighted by Gasteiger charge is 2.39. The normalized spacial score (nSPS) is 26.8. The summed E-state index contributed by atoms with van der Waals surface area (Å²) < 4.78 is 11.7. The number of aromatic nitrogens is 2. The molecule has 0 spiro atoms. The van der Waals surface area contributed by atoms with Crippen LogP contribution in [-0.2, 0) is 20.8 Å². The molecule has 0 radical (unpaired) electrons. The van der Waals surface area contributed by atoms with Gasteiger partial charge in [-0.1, -0.05) is 6.92 Å². The number of urea groups is 1. The lowest BCUT2D eigenvalue weighted by molar-refractivity contribution is -0.150. The van der Waals surface area contributed by atoms with Crippen LogP contribution in [-0.4, -0.2) is 82.6 Å². The first-order chi connectivity index (χ1) is 14.6. The van der Waals surface area contributed by atoms with Crippen LogP contribution in [0.5, 0.6) is 0 Å². The van der Waals surface area contributed by atoms with Crippen molar-refractivity contribution >= 4 is 11.9 Å². The molecule has 0 saturated carbocycles. The molecule has 10 nitrogen and oxygen atoms in total. The second kappa shape index (κ2) is 11.2. The third-order valence-corrected chi connectivity index (χ3v) is 5.29. The predicted molar refractivity (Wildman–Crippen MR) is 107 cm³/mol. The molecule has 10 heteroatoms. The van der Waals surface area contributed by atoms with Crippen molar-refractivity contribution < 1.29 is 24.2 Å². The average Bonchev–Trinajstić information content (AvgIpc) is 2.74. The first kappa shape index (κ1) is 22.4. The van der Waals surface area contributed by atoms with E-state index < -0.39 is 6.10 Å². The minimum Gasteiger partial charge on any atom is -0.389 e. The van der Waals surface area contributed by atoms with Crippen molar-refractivity contribution in [3.05, 3.63) is 24.3 Å². The van der Waals surface area contributed by atoms with Crippen LogP contribution in [0.15, 0.2) is 18.6 Å². The Balaban J connectivity index is 1.55. The van der Waals surface area contributed by atoms with Gasteiger partial charge in [0.25, 0.3) is 0 Å². The SMILES string of the molecule is CCCNC(=O)N1C[C@@H](O)COC[C@@H]2O[C@@H](CC(=O)NCc3ccncn3)CC[C@H]21. The molecule has 2 saturated heterocycles. The van der Waals surface area contributed by atoms with Crippen LogP contribution in [0.2, 0.25) is 0 Å². The molecule has 3 rings (SSSR count). The Kier molecular flexibility index (Phi) is 8.35. The zero-order valence-corrected chi connectivity index (χ0v) is 17.3. The molecular weight excluding hydrogens is 390 g/mol. The molecular formula is C20H31N5O5. The largest absolute Gasteiger partial charge is 0.389 e. The highest BCUT2D eigenvalue weighted by atomic mass is 16.5.